The van der Waals surface area contributed by atoms with E-state index in [0.29, 0.717) is 18.4 Å². The Morgan fingerprint density at radius 1 is 1.15 bits per heavy atom. The van der Waals surface area contributed by atoms with Gasteiger partial charge in [-0.25, -0.2) is 9.59 Å². The number of carbonyl (C=O) groups is 3. The minimum Gasteiger partial charge on any atom is -0.465 e. The van der Waals surface area contributed by atoms with Crippen LogP contribution in [-0.4, -0.2) is 29.8 Å². The molecule has 27 heavy (non-hydrogen) atoms. The van der Waals surface area contributed by atoms with Gasteiger partial charge in [0.15, 0.2) is 4.87 Å². The molecule has 6 nitrogen and oxygen atoms in total. The number of fused-ring (bicyclic) bond motifs is 3. The minimum absolute atomic E-state index is 0.0631. The summed E-state index contributed by atoms with van der Waals surface area (Å²) in [6, 6.07) is 14.2. The van der Waals surface area contributed by atoms with Crippen LogP contribution in [0.5, 0.6) is 0 Å². The molecule has 2 aromatic rings. The molecule has 0 bridgehead atoms. The van der Waals surface area contributed by atoms with Crippen LogP contribution in [0.4, 0.5) is 5.69 Å². The van der Waals surface area contributed by atoms with Gasteiger partial charge in [-0.3, -0.25) is 9.69 Å². The third-order valence-corrected chi connectivity index (χ3v) is 6.19. The Bertz CT molecular complexity index is 926. The predicted molar refractivity (Wildman–Crippen MR) is 99.3 cm³/mol. The number of esters is 2. The average Bonchev–Trinajstić information content (AvgIpc) is 3.21. The van der Waals surface area contributed by atoms with Crippen molar-refractivity contribution < 1.29 is 23.9 Å². The Morgan fingerprint density at radius 3 is 2.63 bits per heavy atom. The van der Waals surface area contributed by atoms with Crippen molar-refractivity contribution in [1.82, 2.24) is 0 Å². The molecule has 2 aliphatic heterocycles. The molecular weight excluding hydrogens is 366 g/mol. The van der Waals surface area contributed by atoms with Crippen LogP contribution in [0.15, 0.2) is 53.4 Å². The van der Waals surface area contributed by atoms with Crippen LogP contribution >= 0.6 is 11.8 Å². The number of methoxy groups -OCH3 is 1. The van der Waals surface area contributed by atoms with Crippen LogP contribution in [0.2, 0.25) is 0 Å². The number of hydrogen-bond acceptors (Lipinski definition) is 6. The minimum atomic E-state index is -1.02. The SMILES string of the molecule is COC(=O)c1ccc(COC(=O)[C@@]23CCC(=O)N2c2ccccc2S3)cc1. The lowest BCUT2D eigenvalue weighted by Gasteiger charge is -2.28. The predicted octanol–water partition coefficient (Wildman–Crippen LogP) is 3.15. The molecule has 2 heterocycles. The fourth-order valence-electron chi connectivity index (χ4n) is 3.39. The van der Waals surface area contributed by atoms with Gasteiger partial charge >= 0.3 is 11.9 Å². The summed E-state index contributed by atoms with van der Waals surface area (Å²) < 4.78 is 10.2. The van der Waals surface area contributed by atoms with E-state index < -0.39 is 16.8 Å². The zero-order chi connectivity index (χ0) is 19.0. The highest BCUT2D eigenvalue weighted by molar-refractivity contribution is 8.02. The fourth-order valence-corrected chi connectivity index (χ4v) is 4.80. The second-order valence-corrected chi connectivity index (χ2v) is 7.67. The molecule has 0 saturated carbocycles. The number of anilines is 1. The van der Waals surface area contributed by atoms with Crippen molar-refractivity contribution in [3.8, 4) is 0 Å². The van der Waals surface area contributed by atoms with Crippen molar-refractivity contribution >= 4 is 35.3 Å². The van der Waals surface area contributed by atoms with Gasteiger partial charge in [0, 0.05) is 17.7 Å². The monoisotopic (exact) mass is 383 g/mol. The van der Waals surface area contributed by atoms with Gasteiger partial charge < -0.3 is 9.47 Å². The molecule has 0 radical (unpaired) electrons. The van der Waals surface area contributed by atoms with Crippen molar-refractivity contribution in [1.29, 1.82) is 0 Å². The lowest BCUT2D eigenvalue weighted by atomic mass is 10.1. The Kier molecular flexibility index (Phi) is 4.39. The second-order valence-electron chi connectivity index (χ2n) is 6.35. The van der Waals surface area contributed by atoms with E-state index in [2.05, 4.69) is 4.74 Å². The molecule has 4 rings (SSSR count). The lowest BCUT2D eigenvalue weighted by molar-refractivity contribution is -0.148. The Balaban J connectivity index is 1.50. The van der Waals surface area contributed by atoms with Crippen LogP contribution in [-0.2, 0) is 25.7 Å². The van der Waals surface area contributed by atoms with Crippen LogP contribution < -0.4 is 4.90 Å². The highest BCUT2D eigenvalue weighted by Gasteiger charge is 2.58. The Morgan fingerprint density at radius 2 is 1.89 bits per heavy atom. The summed E-state index contributed by atoms with van der Waals surface area (Å²) in [5.74, 6) is -0.906. The van der Waals surface area contributed by atoms with Crippen molar-refractivity contribution in [2.45, 2.75) is 29.2 Å². The molecule has 1 atom stereocenters. The van der Waals surface area contributed by atoms with Gasteiger partial charge in [-0.05, 0) is 29.8 Å². The molecule has 2 aliphatic rings. The van der Waals surface area contributed by atoms with Crippen molar-refractivity contribution in [3.63, 3.8) is 0 Å². The normalized spacial score (nSPS) is 20.2. The standard InChI is InChI=1S/C20H17NO5S/c1-25-18(23)14-8-6-13(7-9-14)12-26-19(24)20-11-10-17(22)21(20)15-4-2-3-5-16(15)27-20/h2-9H,10-12H2,1H3/t20-/m0/s1. The van der Waals surface area contributed by atoms with Crippen LogP contribution in [0.1, 0.15) is 28.8 Å². The number of rotatable bonds is 4. The molecule has 0 spiro atoms. The number of hydrogen-bond donors (Lipinski definition) is 0. The Labute approximate surface area is 160 Å². The van der Waals surface area contributed by atoms with Crippen LogP contribution in [0.25, 0.3) is 0 Å². The largest absolute Gasteiger partial charge is 0.465 e. The van der Waals surface area contributed by atoms with Crippen LogP contribution in [0, 0.1) is 0 Å². The zero-order valence-electron chi connectivity index (χ0n) is 14.6. The number of thioether (sulfide) groups is 1. The van der Waals surface area contributed by atoms with E-state index in [0.717, 1.165) is 16.1 Å². The third-order valence-electron chi connectivity index (χ3n) is 4.74. The molecule has 1 fully saturated rings. The second kappa shape index (κ2) is 6.74. The molecule has 0 N–H and O–H groups in total. The number of amides is 1. The van der Waals surface area contributed by atoms with E-state index in [1.54, 1.807) is 29.2 Å². The van der Waals surface area contributed by atoms with Crippen molar-refractivity contribution in [3.05, 3.63) is 59.7 Å². The summed E-state index contributed by atoms with van der Waals surface area (Å²) in [4.78, 5) is 38.3. The fraction of sp³-hybridized carbons (Fsp3) is 0.250. The summed E-state index contributed by atoms with van der Waals surface area (Å²) in [5, 5.41) is 0. The molecule has 138 valence electrons. The first-order valence-electron chi connectivity index (χ1n) is 8.51. The van der Waals surface area contributed by atoms with E-state index in [9.17, 15) is 14.4 Å². The number of carbonyl (C=O) groups excluding carboxylic acids is 3. The zero-order valence-corrected chi connectivity index (χ0v) is 15.5. The first-order valence-corrected chi connectivity index (χ1v) is 9.32. The smallest absolute Gasteiger partial charge is 0.343 e. The van der Waals surface area contributed by atoms with Gasteiger partial charge in [0.2, 0.25) is 5.91 Å². The van der Waals surface area contributed by atoms with Gasteiger partial charge in [0.25, 0.3) is 0 Å². The summed E-state index contributed by atoms with van der Waals surface area (Å²) in [6.07, 6.45) is 0.746. The van der Waals surface area contributed by atoms with Gasteiger partial charge in [0.1, 0.15) is 6.61 Å². The molecular formula is C20H17NO5S. The number of nitrogens with zero attached hydrogens (tertiary/aromatic N) is 1. The van der Waals surface area contributed by atoms with E-state index in [4.69, 9.17) is 4.74 Å². The summed E-state index contributed by atoms with van der Waals surface area (Å²) >= 11 is 1.38. The van der Waals surface area contributed by atoms with E-state index in [1.807, 2.05) is 24.3 Å². The van der Waals surface area contributed by atoms with Gasteiger partial charge in [-0.2, -0.15) is 0 Å². The Hall–Kier alpha value is -2.80. The first kappa shape index (κ1) is 17.6. The molecule has 1 saturated heterocycles. The topological polar surface area (TPSA) is 72.9 Å². The van der Waals surface area contributed by atoms with Crippen molar-refractivity contribution in [2.75, 3.05) is 12.0 Å². The third kappa shape index (κ3) is 2.88. The molecule has 0 unspecified atom stereocenters. The maximum absolute atomic E-state index is 12.9. The van der Waals surface area contributed by atoms with Gasteiger partial charge in [0.05, 0.1) is 18.4 Å². The maximum atomic E-state index is 12.9. The number of benzene rings is 2. The average molecular weight is 383 g/mol. The lowest BCUT2D eigenvalue weighted by Crippen LogP contribution is -2.47. The van der Waals surface area contributed by atoms with Gasteiger partial charge in [-0.15, -0.1) is 0 Å². The van der Waals surface area contributed by atoms with Gasteiger partial charge in [-0.1, -0.05) is 36.0 Å². The molecule has 7 heteroatoms. The van der Waals surface area contributed by atoms with Crippen molar-refractivity contribution in [2.24, 2.45) is 0 Å². The molecule has 2 aromatic carbocycles. The highest BCUT2D eigenvalue weighted by Crippen LogP contribution is 2.56. The molecule has 0 aliphatic carbocycles. The molecule has 1 amide bonds. The van der Waals surface area contributed by atoms with E-state index in [-0.39, 0.29) is 12.5 Å². The van der Waals surface area contributed by atoms with E-state index in [1.165, 1.54) is 18.9 Å². The number of ether oxygens (including phenoxy) is 2. The van der Waals surface area contributed by atoms with E-state index >= 15 is 0 Å². The van der Waals surface area contributed by atoms with Crippen LogP contribution in [0.3, 0.4) is 0 Å². The molecule has 0 aromatic heterocycles. The first-order chi connectivity index (χ1) is 13.0. The quantitative estimate of drug-likeness (QED) is 0.756. The summed E-state index contributed by atoms with van der Waals surface area (Å²) in [6.45, 7) is 0.0704. The number of para-hydroxylation sites is 1. The highest BCUT2D eigenvalue weighted by atomic mass is 32.2. The summed E-state index contributed by atoms with van der Waals surface area (Å²) in [7, 11) is 1.32. The summed E-state index contributed by atoms with van der Waals surface area (Å²) in [5.41, 5.74) is 1.95. The maximum Gasteiger partial charge on any atom is 0.343 e.